The number of β-amino-alcohol motifs (C(OH)–C–C–N with tert-alkyl or cyclic N) is 1. The van der Waals surface area contributed by atoms with Gasteiger partial charge in [-0.2, -0.15) is 0 Å². The number of anilines is 2. The van der Waals surface area contributed by atoms with Gasteiger partial charge in [0.25, 0.3) is 0 Å². The number of nitrogens with two attached hydrogens (primary N) is 1. The maximum absolute atomic E-state index is 9.59. The summed E-state index contributed by atoms with van der Waals surface area (Å²) in [5, 5.41) is 9.59. The Labute approximate surface area is 89.7 Å². The van der Waals surface area contributed by atoms with Gasteiger partial charge in [0.1, 0.15) is 5.82 Å². The SMILES string of the molecule is Cc1cc(N)cnc1N1CCCC(O)C1. The van der Waals surface area contributed by atoms with Crippen LogP contribution < -0.4 is 10.6 Å². The Hall–Kier alpha value is -1.29. The standard InChI is InChI=1S/C11H17N3O/c1-8-5-9(12)6-13-11(8)14-4-2-3-10(15)7-14/h5-6,10,15H,2-4,7,12H2,1H3. The van der Waals surface area contributed by atoms with Crippen LogP contribution in [0.25, 0.3) is 0 Å². The van der Waals surface area contributed by atoms with Gasteiger partial charge in [0.2, 0.25) is 0 Å². The highest BCUT2D eigenvalue weighted by atomic mass is 16.3. The van der Waals surface area contributed by atoms with Crippen molar-refractivity contribution in [3.63, 3.8) is 0 Å². The number of nitrogen functional groups attached to an aromatic ring is 1. The number of hydrogen-bond acceptors (Lipinski definition) is 4. The molecule has 0 aliphatic carbocycles. The minimum absolute atomic E-state index is 0.225. The molecule has 1 unspecified atom stereocenters. The molecule has 0 spiro atoms. The van der Waals surface area contributed by atoms with Gasteiger partial charge in [-0.1, -0.05) is 0 Å². The van der Waals surface area contributed by atoms with E-state index in [4.69, 9.17) is 5.73 Å². The Bertz CT molecular complexity index is 354. The minimum Gasteiger partial charge on any atom is -0.397 e. The number of hydrogen-bond donors (Lipinski definition) is 2. The Morgan fingerprint density at radius 3 is 3.07 bits per heavy atom. The smallest absolute Gasteiger partial charge is 0.131 e. The summed E-state index contributed by atoms with van der Waals surface area (Å²) in [6.07, 6.45) is 3.36. The van der Waals surface area contributed by atoms with E-state index in [9.17, 15) is 5.11 Å². The first-order valence-electron chi connectivity index (χ1n) is 5.32. The van der Waals surface area contributed by atoms with Crippen LogP contribution in [0.1, 0.15) is 18.4 Å². The van der Waals surface area contributed by atoms with Crippen LogP contribution in [0.3, 0.4) is 0 Å². The fourth-order valence-electron chi connectivity index (χ4n) is 2.07. The first-order valence-corrected chi connectivity index (χ1v) is 5.32. The second-order valence-corrected chi connectivity index (χ2v) is 4.15. The van der Waals surface area contributed by atoms with Crippen LogP contribution in [0.5, 0.6) is 0 Å². The van der Waals surface area contributed by atoms with E-state index in [1.54, 1.807) is 6.20 Å². The second-order valence-electron chi connectivity index (χ2n) is 4.15. The fourth-order valence-corrected chi connectivity index (χ4v) is 2.07. The molecule has 0 bridgehead atoms. The molecule has 1 aliphatic rings. The molecule has 1 fully saturated rings. The lowest BCUT2D eigenvalue weighted by Crippen LogP contribution is -2.39. The van der Waals surface area contributed by atoms with Crippen LogP contribution in [0.15, 0.2) is 12.3 Å². The van der Waals surface area contributed by atoms with Crippen LogP contribution in [0.4, 0.5) is 11.5 Å². The van der Waals surface area contributed by atoms with Crippen molar-refractivity contribution in [2.24, 2.45) is 0 Å². The van der Waals surface area contributed by atoms with E-state index in [1.807, 2.05) is 13.0 Å². The van der Waals surface area contributed by atoms with E-state index in [0.29, 0.717) is 12.2 Å². The highest BCUT2D eigenvalue weighted by Gasteiger charge is 2.19. The van der Waals surface area contributed by atoms with Crippen molar-refractivity contribution >= 4 is 11.5 Å². The molecule has 0 radical (unpaired) electrons. The van der Waals surface area contributed by atoms with E-state index in [1.165, 1.54) is 0 Å². The first-order chi connectivity index (χ1) is 7.16. The average molecular weight is 207 g/mol. The highest BCUT2D eigenvalue weighted by Crippen LogP contribution is 2.22. The molecule has 4 nitrogen and oxygen atoms in total. The van der Waals surface area contributed by atoms with Crippen LogP contribution in [0, 0.1) is 6.92 Å². The summed E-state index contributed by atoms with van der Waals surface area (Å²) in [4.78, 5) is 6.45. The Morgan fingerprint density at radius 2 is 2.40 bits per heavy atom. The van der Waals surface area contributed by atoms with E-state index in [0.717, 1.165) is 30.8 Å². The van der Waals surface area contributed by atoms with Crippen molar-refractivity contribution in [1.82, 2.24) is 4.98 Å². The molecule has 15 heavy (non-hydrogen) atoms. The molecular formula is C11H17N3O. The molecule has 1 saturated heterocycles. The number of aryl methyl sites for hydroxylation is 1. The fraction of sp³-hybridized carbons (Fsp3) is 0.545. The van der Waals surface area contributed by atoms with E-state index < -0.39 is 0 Å². The molecule has 0 saturated carbocycles. The largest absolute Gasteiger partial charge is 0.397 e. The molecule has 0 amide bonds. The number of aliphatic hydroxyl groups is 1. The van der Waals surface area contributed by atoms with Crippen LogP contribution in [-0.4, -0.2) is 29.3 Å². The number of pyridine rings is 1. The molecular weight excluding hydrogens is 190 g/mol. The molecule has 1 atom stereocenters. The number of nitrogens with zero attached hydrogens (tertiary/aromatic N) is 2. The molecule has 2 rings (SSSR count). The van der Waals surface area contributed by atoms with Gasteiger partial charge in [0.05, 0.1) is 18.0 Å². The van der Waals surface area contributed by atoms with Crippen molar-refractivity contribution in [3.8, 4) is 0 Å². The number of aromatic nitrogens is 1. The van der Waals surface area contributed by atoms with Crippen molar-refractivity contribution in [1.29, 1.82) is 0 Å². The van der Waals surface area contributed by atoms with Crippen LogP contribution in [-0.2, 0) is 0 Å². The molecule has 3 N–H and O–H groups in total. The van der Waals surface area contributed by atoms with Gasteiger partial charge in [0.15, 0.2) is 0 Å². The maximum atomic E-state index is 9.59. The summed E-state index contributed by atoms with van der Waals surface area (Å²) in [5.41, 5.74) is 7.42. The Kier molecular flexibility index (Phi) is 2.77. The zero-order valence-corrected chi connectivity index (χ0v) is 8.98. The molecule has 1 aromatic rings. The summed E-state index contributed by atoms with van der Waals surface area (Å²) in [5.74, 6) is 0.947. The molecule has 2 heterocycles. The van der Waals surface area contributed by atoms with Gasteiger partial charge in [-0.05, 0) is 31.4 Å². The van der Waals surface area contributed by atoms with Crippen LogP contribution >= 0.6 is 0 Å². The Morgan fingerprint density at radius 1 is 1.60 bits per heavy atom. The molecule has 82 valence electrons. The molecule has 4 heteroatoms. The maximum Gasteiger partial charge on any atom is 0.131 e. The van der Waals surface area contributed by atoms with Crippen LogP contribution in [0.2, 0.25) is 0 Å². The van der Waals surface area contributed by atoms with Gasteiger partial charge in [-0.25, -0.2) is 4.98 Å². The van der Waals surface area contributed by atoms with E-state index >= 15 is 0 Å². The van der Waals surface area contributed by atoms with Gasteiger partial charge >= 0.3 is 0 Å². The molecule has 0 aromatic carbocycles. The highest BCUT2D eigenvalue weighted by molar-refractivity contribution is 5.52. The van der Waals surface area contributed by atoms with Crippen molar-refractivity contribution < 1.29 is 5.11 Å². The van der Waals surface area contributed by atoms with E-state index in [2.05, 4.69) is 9.88 Å². The summed E-state index contributed by atoms with van der Waals surface area (Å²) >= 11 is 0. The van der Waals surface area contributed by atoms with E-state index in [-0.39, 0.29) is 6.10 Å². The third-order valence-electron chi connectivity index (χ3n) is 2.77. The second kappa shape index (κ2) is 4.06. The Balaban J connectivity index is 2.21. The normalized spacial score (nSPS) is 21.7. The topological polar surface area (TPSA) is 62.4 Å². The van der Waals surface area contributed by atoms with Gasteiger partial charge < -0.3 is 15.7 Å². The summed E-state index contributed by atoms with van der Waals surface area (Å²) < 4.78 is 0. The summed E-state index contributed by atoms with van der Waals surface area (Å²) in [6.45, 7) is 3.65. The monoisotopic (exact) mass is 207 g/mol. The zero-order valence-electron chi connectivity index (χ0n) is 8.98. The number of rotatable bonds is 1. The zero-order chi connectivity index (χ0) is 10.8. The summed E-state index contributed by atoms with van der Waals surface area (Å²) in [6, 6.07) is 1.92. The minimum atomic E-state index is -0.225. The predicted molar refractivity (Wildman–Crippen MR) is 60.8 cm³/mol. The third-order valence-corrected chi connectivity index (χ3v) is 2.77. The van der Waals surface area contributed by atoms with Crippen molar-refractivity contribution in [2.45, 2.75) is 25.9 Å². The number of piperidine rings is 1. The third kappa shape index (κ3) is 2.21. The predicted octanol–water partition coefficient (Wildman–Crippen LogP) is 0.933. The quantitative estimate of drug-likeness (QED) is 0.719. The number of aliphatic hydroxyl groups excluding tert-OH is 1. The lowest BCUT2D eigenvalue weighted by Gasteiger charge is -2.31. The lowest BCUT2D eigenvalue weighted by atomic mass is 10.1. The van der Waals surface area contributed by atoms with Gasteiger partial charge in [0, 0.05) is 13.1 Å². The van der Waals surface area contributed by atoms with Crippen molar-refractivity contribution in [2.75, 3.05) is 23.7 Å². The van der Waals surface area contributed by atoms with Gasteiger partial charge in [-0.3, -0.25) is 0 Å². The molecule has 1 aliphatic heterocycles. The first kappa shape index (κ1) is 10.2. The summed E-state index contributed by atoms with van der Waals surface area (Å²) in [7, 11) is 0. The van der Waals surface area contributed by atoms with Gasteiger partial charge in [-0.15, -0.1) is 0 Å². The molecule has 1 aromatic heterocycles. The average Bonchev–Trinajstić information content (AvgIpc) is 2.17. The van der Waals surface area contributed by atoms with Crippen molar-refractivity contribution in [3.05, 3.63) is 17.8 Å². The lowest BCUT2D eigenvalue weighted by molar-refractivity contribution is 0.154.